The summed E-state index contributed by atoms with van der Waals surface area (Å²) in [7, 11) is -4.02. The van der Waals surface area contributed by atoms with Gasteiger partial charge in [-0.2, -0.15) is 0 Å². The van der Waals surface area contributed by atoms with Crippen molar-refractivity contribution < 1.29 is 22.3 Å². The highest BCUT2D eigenvalue weighted by Crippen LogP contribution is 2.26. The number of amides is 1. The van der Waals surface area contributed by atoms with Gasteiger partial charge in [0.2, 0.25) is 5.91 Å². The highest BCUT2D eigenvalue weighted by atomic mass is 32.2. The molecule has 0 spiro atoms. The number of anilines is 2. The number of sulfonamides is 1. The molecule has 1 amide bonds. The highest BCUT2D eigenvalue weighted by molar-refractivity contribution is 7.92. The largest absolute Gasteiger partial charge is 0.494 e. The molecule has 1 saturated heterocycles. The Hall–Kier alpha value is -3.59. The fraction of sp³-hybridized carbons (Fsp3) is 0.296. The predicted molar refractivity (Wildman–Crippen MR) is 139 cm³/mol. The second kappa shape index (κ2) is 11.0. The molecule has 0 atom stereocenters. The first-order valence-corrected chi connectivity index (χ1v) is 13.3. The molecule has 0 bridgehead atoms. The lowest BCUT2D eigenvalue weighted by atomic mass is 10.2. The fourth-order valence-electron chi connectivity index (χ4n) is 4.16. The average Bonchev–Trinajstić information content (AvgIpc) is 2.89. The van der Waals surface area contributed by atoms with Crippen LogP contribution in [0.5, 0.6) is 5.75 Å². The van der Waals surface area contributed by atoms with Gasteiger partial charge in [-0.25, -0.2) is 12.8 Å². The van der Waals surface area contributed by atoms with Crippen molar-refractivity contribution in [2.75, 3.05) is 48.5 Å². The number of hydrogen-bond donors (Lipinski definition) is 0. The van der Waals surface area contributed by atoms with Crippen LogP contribution in [0.3, 0.4) is 0 Å². The number of carbonyl (C=O) groups is 1. The number of rotatable bonds is 8. The van der Waals surface area contributed by atoms with E-state index in [0.717, 1.165) is 9.87 Å². The molecule has 1 fully saturated rings. The number of hydrogen-bond acceptors (Lipinski definition) is 5. The van der Waals surface area contributed by atoms with Gasteiger partial charge in [-0.3, -0.25) is 9.10 Å². The van der Waals surface area contributed by atoms with Gasteiger partial charge >= 0.3 is 0 Å². The molecule has 0 N–H and O–H groups in total. The minimum atomic E-state index is -4.02. The summed E-state index contributed by atoms with van der Waals surface area (Å²) in [5, 5.41) is 0. The smallest absolute Gasteiger partial charge is 0.264 e. The molecule has 0 saturated carbocycles. The SMILES string of the molecule is CCOc1ccc(S(=O)(=O)N(CC(=O)N2CCN(c3ccccc3F)CC2)c2ccc(C)cc2)cc1. The lowest BCUT2D eigenvalue weighted by molar-refractivity contribution is -0.129. The van der Waals surface area contributed by atoms with Crippen LogP contribution >= 0.6 is 0 Å². The molecule has 4 rings (SSSR count). The van der Waals surface area contributed by atoms with Crippen LogP contribution in [0.1, 0.15) is 12.5 Å². The molecule has 9 heteroatoms. The second-order valence-electron chi connectivity index (χ2n) is 8.57. The van der Waals surface area contributed by atoms with Gasteiger partial charge in [-0.15, -0.1) is 0 Å². The maximum atomic E-state index is 14.2. The van der Waals surface area contributed by atoms with Crippen molar-refractivity contribution in [1.29, 1.82) is 0 Å². The summed E-state index contributed by atoms with van der Waals surface area (Å²) < 4.78 is 48.0. The van der Waals surface area contributed by atoms with Crippen LogP contribution in [0, 0.1) is 12.7 Å². The molecule has 0 aliphatic carbocycles. The zero-order valence-electron chi connectivity index (χ0n) is 20.4. The number of piperazine rings is 1. The summed E-state index contributed by atoms with van der Waals surface area (Å²) in [5.74, 6) is -0.0373. The number of para-hydroxylation sites is 1. The lowest BCUT2D eigenvalue weighted by Crippen LogP contribution is -2.52. The van der Waals surface area contributed by atoms with Gasteiger partial charge in [0.15, 0.2) is 0 Å². The van der Waals surface area contributed by atoms with E-state index in [1.54, 1.807) is 47.4 Å². The predicted octanol–water partition coefficient (Wildman–Crippen LogP) is 4.08. The first kappa shape index (κ1) is 25.5. The fourth-order valence-corrected chi connectivity index (χ4v) is 5.57. The van der Waals surface area contributed by atoms with Crippen molar-refractivity contribution in [2.24, 2.45) is 0 Å². The monoisotopic (exact) mass is 511 g/mol. The molecule has 7 nitrogen and oxygen atoms in total. The number of aryl methyl sites for hydroxylation is 1. The zero-order valence-corrected chi connectivity index (χ0v) is 21.2. The van der Waals surface area contributed by atoms with Gasteiger partial charge in [0, 0.05) is 26.2 Å². The van der Waals surface area contributed by atoms with Crippen molar-refractivity contribution in [2.45, 2.75) is 18.7 Å². The maximum absolute atomic E-state index is 14.2. The number of benzene rings is 3. The van der Waals surface area contributed by atoms with E-state index >= 15 is 0 Å². The van der Waals surface area contributed by atoms with Gasteiger partial charge in [0.05, 0.1) is 22.9 Å². The van der Waals surface area contributed by atoms with Crippen LogP contribution in [0.25, 0.3) is 0 Å². The topological polar surface area (TPSA) is 70.2 Å². The number of nitrogens with zero attached hydrogens (tertiary/aromatic N) is 3. The Bertz CT molecular complexity index is 1290. The average molecular weight is 512 g/mol. The van der Waals surface area contributed by atoms with Gasteiger partial charge in [-0.1, -0.05) is 29.8 Å². The Labute approximate surface area is 211 Å². The summed E-state index contributed by atoms with van der Waals surface area (Å²) in [6.45, 7) is 5.57. The standard InChI is InChI=1S/C27H30FN3O4S/c1-3-35-23-12-14-24(15-13-23)36(33,34)31(22-10-8-21(2)9-11-22)20-27(32)30-18-16-29(17-19-30)26-7-5-4-6-25(26)28/h4-15H,3,16-20H2,1-2H3. The van der Waals surface area contributed by atoms with Gasteiger partial charge in [-0.05, 0) is 62.4 Å². The molecule has 1 aliphatic rings. The van der Waals surface area contributed by atoms with Gasteiger partial charge in [0.25, 0.3) is 10.0 Å². The number of halogens is 1. The van der Waals surface area contributed by atoms with Crippen LogP contribution in [0.4, 0.5) is 15.8 Å². The normalized spacial score (nSPS) is 14.0. The molecule has 36 heavy (non-hydrogen) atoms. The van der Waals surface area contributed by atoms with Gasteiger partial charge in [0.1, 0.15) is 18.1 Å². The van der Waals surface area contributed by atoms with E-state index in [0.29, 0.717) is 49.9 Å². The van der Waals surface area contributed by atoms with E-state index < -0.39 is 10.0 Å². The minimum Gasteiger partial charge on any atom is -0.494 e. The Balaban J connectivity index is 1.53. The molecule has 0 unspecified atom stereocenters. The maximum Gasteiger partial charge on any atom is 0.264 e. The number of carbonyl (C=O) groups excluding carboxylic acids is 1. The van der Waals surface area contributed by atoms with Crippen LogP contribution in [-0.2, 0) is 14.8 Å². The Kier molecular flexibility index (Phi) is 7.79. The van der Waals surface area contributed by atoms with Crippen molar-refractivity contribution in [3.63, 3.8) is 0 Å². The minimum absolute atomic E-state index is 0.0729. The Morgan fingerprint density at radius 1 is 0.944 bits per heavy atom. The van der Waals surface area contributed by atoms with E-state index in [4.69, 9.17) is 4.74 Å². The van der Waals surface area contributed by atoms with E-state index in [1.165, 1.54) is 18.2 Å². The zero-order chi connectivity index (χ0) is 25.7. The van der Waals surface area contributed by atoms with Crippen molar-refractivity contribution in [1.82, 2.24) is 4.90 Å². The molecule has 3 aromatic rings. The Morgan fingerprint density at radius 3 is 2.19 bits per heavy atom. The van der Waals surface area contributed by atoms with E-state index in [9.17, 15) is 17.6 Å². The molecule has 190 valence electrons. The van der Waals surface area contributed by atoms with E-state index in [1.807, 2.05) is 30.9 Å². The van der Waals surface area contributed by atoms with Crippen molar-refractivity contribution in [3.05, 3.63) is 84.2 Å². The molecule has 1 aliphatic heterocycles. The first-order valence-electron chi connectivity index (χ1n) is 11.9. The summed E-state index contributed by atoms with van der Waals surface area (Å²) >= 11 is 0. The van der Waals surface area contributed by atoms with E-state index in [-0.39, 0.29) is 23.2 Å². The van der Waals surface area contributed by atoms with Crippen LogP contribution in [0.15, 0.2) is 77.7 Å². The van der Waals surface area contributed by atoms with Crippen molar-refractivity contribution in [3.8, 4) is 5.75 Å². The second-order valence-corrected chi connectivity index (χ2v) is 10.4. The van der Waals surface area contributed by atoms with E-state index in [2.05, 4.69) is 0 Å². The molecular weight excluding hydrogens is 481 g/mol. The summed E-state index contributed by atoms with van der Waals surface area (Å²) in [6, 6.07) is 19.8. The molecular formula is C27H30FN3O4S. The number of ether oxygens (including phenoxy) is 1. The van der Waals surface area contributed by atoms with Crippen LogP contribution in [-0.4, -0.2) is 58.6 Å². The first-order chi connectivity index (χ1) is 17.3. The molecule has 3 aromatic carbocycles. The summed E-state index contributed by atoms with van der Waals surface area (Å²) in [4.78, 5) is 16.9. The third-order valence-electron chi connectivity index (χ3n) is 6.15. The Morgan fingerprint density at radius 2 is 1.58 bits per heavy atom. The lowest BCUT2D eigenvalue weighted by Gasteiger charge is -2.37. The highest BCUT2D eigenvalue weighted by Gasteiger charge is 2.30. The summed E-state index contributed by atoms with van der Waals surface area (Å²) in [5.41, 5.74) is 1.89. The quantitative estimate of drug-likeness (QED) is 0.456. The third-order valence-corrected chi connectivity index (χ3v) is 7.94. The summed E-state index contributed by atoms with van der Waals surface area (Å²) in [6.07, 6.45) is 0. The van der Waals surface area contributed by atoms with Gasteiger partial charge < -0.3 is 14.5 Å². The molecule has 0 radical (unpaired) electrons. The molecule has 1 heterocycles. The molecule has 0 aromatic heterocycles. The third kappa shape index (κ3) is 5.62. The van der Waals surface area contributed by atoms with Crippen molar-refractivity contribution >= 4 is 27.3 Å². The van der Waals surface area contributed by atoms with Crippen LogP contribution in [0.2, 0.25) is 0 Å². The van der Waals surface area contributed by atoms with Crippen LogP contribution < -0.4 is 13.9 Å².